The second-order valence-electron chi connectivity index (χ2n) is 5.63. The molecule has 0 atom stereocenters. The van der Waals surface area contributed by atoms with Gasteiger partial charge in [-0.05, 0) is 24.3 Å². The van der Waals surface area contributed by atoms with Crippen LogP contribution in [-0.4, -0.2) is 15.9 Å². The predicted octanol–water partition coefficient (Wildman–Crippen LogP) is 4.33. The molecule has 0 radical (unpaired) electrons. The Labute approximate surface area is 133 Å². The molecule has 2 heterocycles. The highest BCUT2D eigenvalue weighted by Gasteiger charge is 2.19. The average Bonchev–Trinajstić information content (AvgIpc) is 2.39. The van der Waals surface area contributed by atoms with Crippen LogP contribution in [0.4, 0.5) is 5.82 Å². The zero-order valence-electron chi connectivity index (χ0n) is 11.9. The Balaban J connectivity index is 2.27. The van der Waals surface area contributed by atoms with Gasteiger partial charge in [0.25, 0.3) is 5.91 Å². The molecule has 21 heavy (non-hydrogen) atoms. The number of hydrogen-bond acceptors (Lipinski definition) is 3. The molecule has 0 saturated carbocycles. The van der Waals surface area contributed by atoms with Gasteiger partial charge in [-0.1, -0.05) is 44.0 Å². The molecule has 2 rings (SSSR count). The third-order valence-corrected chi connectivity index (χ3v) is 3.21. The molecule has 0 aliphatic rings. The first-order valence-electron chi connectivity index (χ1n) is 6.37. The summed E-state index contributed by atoms with van der Waals surface area (Å²) in [6, 6.07) is 6.55. The van der Waals surface area contributed by atoms with Crippen LogP contribution in [0.3, 0.4) is 0 Å². The highest BCUT2D eigenvalue weighted by atomic mass is 35.5. The molecule has 0 unspecified atom stereocenters. The van der Waals surface area contributed by atoms with Gasteiger partial charge < -0.3 is 5.32 Å². The van der Waals surface area contributed by atoms with Crippen molar-refractivity contribution in [2.24, 2.45) is 0 Å². The van der Waals surface area contributed by atoms with Gasteiger partial charge in [0, 0.05) is 22.9 Å². The Morgan fingerprint density at radius 3 is 2.48 bits per heavy atom. The van der Waals surface area contributed by atoms with E-state index in [1.807, 2.05) is 20.8 Å². The van der Waals surface area contributed by atoms with Gasteiger partial charge in [0.1, 0.15) is 11.0 Å². The van der Waals surface area contributed by atoms with E-state index in [4.69, 9.17) is 23.2 Å². The lowest BCUT2D eigenvalue weighted by atomic mass is 9.91. The Morgan fingerprint density at radius 1 is 1.19 bits per heavy atom. The third kappa shape index (κ3) is 4.16. The molecule has 0 spiro atoms. The molecule has 110 valence electrons. The minimum Gasteiger partial charge on any atom is -0.307 e. The number of aromatic nitrogens is 2. The molecule has 0 aliphatic heterocycles. The first-order chi connectivity index (χ1) is 9.75. The summed E-state index contributed by atoms with van der Waals surface area (Å²) < 4.78 is 0. The number of halogens is 2. The van der Waals surface area contributed by atoms with Crippen molar-refractivity contribution in [3.63, 3.8) is 0 Å². The molecule has 2 aromatic heterocycles. The maximum Gasteiger partial charge on any atom is 0.256 e. The van der Waals surface area contributed by atoms with Gasteiger partial charge in [0.05, 0.1) is 5.02 Å². The van der Waals surface area contributed by atoms with Crippen LogP contribution in [0.5, 0.6) is 0 Å². The van der Waals surface area contributed by atoms with E-state index in [1.54, 1.807) is 18.2 Å². The zero-order valence-corrected chi connectivity index (χ0v) is 13.5. The number of anilines is 1. The van der Waals surface area contributed by atoms with Gasteiger partial charge >= 0.3 is 0 Å². The number of nitrogens with zero attached hydrogens (tertiary/aromatic N) is 2. The molecule has 0 saturated heterocycles. The first kappa shape index (κ1) is 15.7. The van der Waals surface area contributed by atoms with E-state index in [0.717, 1.165) is 5.69 Å². The van der Waals surface area contributed by atoms with E-state index in [-0.39, 0.29) is 16.5 Å². The summed E-state index contributed by atoms with van der Waals surface area (Å²) >= 11 is 11.8. The van der Waals surface area contributed by atoms with Crippen molar-refractivity contribution >= 4 is 34.9 Å². The molecule has 0 aromatic carbocycles. The average molecular weight is 324 g/mol. The fraction of sp³-hybridized carbons (Fsp3) is 0.267. The van der Waals surface area contributed by atoms with Crippen LogP contribution in [0.25, 0.3) is 0 Å². The monoisotopic (exact) mass is 323 g/mol. The van der Waals surface area contributed by atoms with Gasteiger partial charge in [-0.2, -0.15) is 0 Å². The van der Waals surface area contributed by atoms with Crippen molar-refractivity contribution in [1.29, 1.82) is 0 Å². The van der Waals surface area contributed by atoms with Crippen LogP contribution in [0.2, 0.25) is 10.2 Å². The van der Waals surface area contributed by atoms with Crippen LogP contribution in [-0.2, 0) is 5.41 Å². The van der Waals surface area contributed by atoms with Crippen LogP contribution in [0, 0.1) is 0 Å². The quantitative estimate of drug-likeness (QED) is 0.836. The van der Waals surface area contributed by atoms with Crippen molar-refractivity contribution in [3.05, 3.63) is 51.9 Å². The van der Waals surface area contributed by atoms with Crippen LogP contribution < -0.4 is 5.32 Å². The molecule has 0 fully saturated rings. The van der Waals surface area contributed by atoms with E-state index in [0.29, 0.717) is 16.4 Å². The largest absolute Gasteiger partial charge is 0.307 e. The van der Waals surface area contributed by atoms with Crippen molar-refractivity contribution in [2.75, 3.05) is 5.32 Å². The first-order valence-corrected chi connectivity index (χ1v) is 7.12. The standard InChI is InChI=1S/C15H15Cl2N3O/c1-15(2,3)11-6-9(7-12(17)19-11)14(21)20-13-5-4-10(16)8-18-13/h4-8H,1-3H3,(H,18,20,21). The van der Waals surface area contributed by atoms with E-state index in [9.17, 15) is 4.79 Å². The summed E-state index contributed by atoms with van der Waals surface area (Å²) in [5, 5.41) is 3.49. The molecular formula is C15H15Cl2N3O. The number of rotatable bonds is 2. The summed E-state index contributed by atoms with van der Waals surface area (Å²) in [6.45, 7) is 6.02. The van der Waals surface area contributed by atoms with Crippen molar-refractivity contribution in [2.45, 2.75) is 26.2 Å². The van der Waals surface area contributed by atoms with E-state index in [1.165, 1.54) is 12.3 Å². The number of nitrogens with one attached hydrogen (secondary N) is 1. The summed E-state index contributed by atoms with van der Waals surface area (Å²) in [5.74, 6) is 0.134. The highest BCUT2D eigenvalue weighted by Crippen LogP contribution is 2.23. The molecule has 6 heteroatoms. The lowest BCUT2D eigenvalue weighted by molar-refractivity contribution is 0.102. The second kappa shape index (κ2) is 6.00. The molecule has 1 amide bonds. The Kier molecular flexibility index (Phi) is 4.49. The van der Waals surface area contributed by atoms with Gasteiger partial charge in [0.15, 0.2) is 0 Å². The number of hydrogen-bond donors (Lipinski definition) is 1. The Bertz CT molecular complexity index is 664. The summed E-state index contributed by atoms with van der Waals surface area (Å²) in [6.07, 6.45) is 1.47. The minimum atomic E-state index is -0.292. The van der Waals surface area contributed by atoms with E-state index in [2.05, 4.69) is 15.3 Å². The van der Waals surface area contributed by atoms with Gasteiger partial charge in [-0.3, -0.25) is 4.79 Å². The lowest BCUT2D eigenvalue weighted by Crippen LogP contribution is -2.18. The van der Waals surface area contributed by atoms with Crippen LogP contribution in [0.1, 0.15) is 36.8 Å². The molecular weight excluding hydrogens is 309 g/mol. The fourth-order valence-corrected chi connectivity index (χ4v) is 1.97. The number of amides is 1. The molecule has 4 nitrogen and oxygen atoms in total. The van der Waals surface area contributed by atoms with Gasteiger partial charge in [0.2, 0.25) is 0 Å². The van der Waals surface area contributed by atoms with Crippen molar-refractivity contribution in [1.82, 2.24) is 9.97 Å². The maximum atomic E-state index is 12.3. The number of carbonyl (C=O) groups is 1. The maximum absolute atomic E-state index is 12.3. The molecule has 1 N–H and O–H groups in total. The van der Waals surface area contributed by atoms with E-state index >= 15 is 0 Å². The number of pyridine rings is 2. The Hall–Kier alpha value is -1.65. The summed E-state index contributed by atoms with van der Waals surface area (Å²) in [5.41, 5.74) is 0.999. The smallest absolute Gasteiger partial charge is 0.256 e. The summed E-state index contributed by atoms with van der Waals surface area (Å²) in [7, 11) is 0. The minimum absolute atomic E-state index is 0.196. The topological polar surface area (TPSA) is 54.9 Å². The van der Waals surface area contributed by atoms with Gasteiger partial charge in [-0.25, -0.2) is 9.97 Å². The SMILES string of the molecule is CC(C)(C)c1cc(C(=O)Nc2ccc(Cl)cn2)cc(Cl)n1. The normalized spacial score (nSPS) is 11.3. The predicted molar refractivity (Wildman–Crippen MR) is 85.1 cm³/mol. The molecule has 0 bridgehead atoms. The van der Waals surface area contributed by atoms with Gasteiger partial charge in [-0.15, -0.1) is 0 Å². The zero-order chi connectivity index (χ0) is 15.6. The molecule has 0 aliphatic carbocycles. The van der Waals surface area contributed by atoms with Crippen molar-refractivity contribution < 1.29 is 4.79 Å². The second-order valence-corrected chi connectivity index (χ2v) is 6.45. The molecule has 2 aromatic rings. The summed E-state index contributed by atoms with van der Waals surface area (Å²) in [4.78, 5) is 20.5. The number of carbonyl (C=O) groups excluding carboxylic acids is 1. The van der Waals surface area contributed by atoms with Crippen LogP contribution >= 0.6 is 23.2 Å². The lowest BCUT2D eigenvalue weighted by Gasteiger charge is -2.18. The van der Waals surface area contributed by atoms with E-state index < -0.39 is 0 Å². The van der Waals surface area contributed by atoms with Crippen LogP contribution in [0.15, 0.2) is 30.5 Å². The Morgan fingerprint density at radius 2 is 1.90 bits per heavy atom. The fourth-order valence-electron chi connectivity index (χ4n) is 1.65. The van der Waals surface area contributed by atoms with Crippen molar-refractivity contribution in [3.8, 4) is 0 Å². The third-order valence-electron chi connectivity index (χ3n) is 2.79. The highest BCUT2D eigenvalue weighted by molar-refractivity contribution is 6.30.